The predicted molar refractivity (Wildman–Crippen MR) is 102 cm³/mol. The van der Waals surface area contributed by atoms with Gasteiger partial charge in [-0.05, 0) is 25.0 Å². The van der Waals surface area contributed by atoms with Gasteiger partial charge in [0.15, 0.2) is 0 Å². The summed E-state index contributed by atoms with van der Waals surface area (Å²) in [6.07, 6.45) is 0. The number of hydrogen-bond acceptors (Lipinski definition) is 4. The molecule has 1 saturated heterocycles. The number of amides is 2. The van der Waals surface area contributed by atoms with E-state index in [9.17, 15) is 4.79 Å². The lowest BCUT2D eigenvalue weighted by molar-refractivity contribution is 0.00718. The summed E-state index contributed by atoms with van der Waals surface area (Å²) in [7, 11) is 0. The lowest BCUT2D eigenvalue weighted by Crippen LogP contribution is -2.52. The minimum atomic E-state index is -0.191. The maximum atomic E-state index is 12.3. The summed E-state index contributed by atoms with van der Waals surface area (Å²) in [5.74, 6) is 1.22. The highest BCUT2D eigenvalue weighted by Crippen LogP contribution is 2.23. The van der Waals surface area contributed by atoms with Crippen LogP contribution < -0.4 is 10.6 Å². The Bertz CT molecular complexity index is 689. The lowest BCUT2D eigenvalue weighted by Gasteiger charge is -2.37. The van der Waals surface area contributed by atoms with Gasteiger partial charge in [0, 0.05) is 31.1 Å². The zero-order valence-corrected chi connectivity index (χ0v) is 15.8. The molecule has 2 aromatic rings. The van der Waals surface area contributed by atoms with Gasteiger partial charge in [-0.3, -0.25) is 4.90 Å². The van der Waals surface area contributed by atoms with E-state index in [1.165, 1.54) is 0 Å². The molecule has 0 saturated carbocycles. The fraction of sp³-hybridized carbons (Fsp3) is 0.550. The first-order chi connectivity index (χ1) is 12.5. The van der Waals surface area contributed by atoms with Gasteiger partial charge in [-0.25, -0.2) is 4.79 Å². The van der Waals surface area contributed by atoms with Crippen LogP contribution in [0.1, 0.15) is 32.6 Å². The van der Waals surface area contributed by atoms with E-state index in [0.29, 0.717) is 18.5 Å². The topological polar surface area (TPSA) is 66.7 Å². The summed E-state index contributed by atoms with van der Waals surface area (Å²) in [6, 6.07) is 9.78. The van der Waals surface area contributed by atoms with E-state index in [4.69, 9.17) is 9.15 Å². The van der Waals surface area contributed by atoms with E-state index in [0.717, 1.165) is 43.0 Å². The van der Waals surface area contributed by atoms with E-state index < -0.39 is 0 Å². The van der Waals surface area contributed by atoms with Gasteiger partial charge in [0.05, 0.1) is 19.3 Å². The monoisotopic (exact) mass is 359 g/mol. The molecule has 1 aromatic heterocycles. The number of nitrogens with zero attached hydrogens (tertiary/aromatic N) is 1. The molecule has 2 atom stereocenters. The maximum Gasteiger partial charge on any atom is 0.315 e. The molecule has 1 aromatic carbocycles. The van der Waals surface area contributed by atoms with Crippen LogP contribution in [0.5, 0.6) is 0 Å². The molecule has 6 heteroatoms. The number of ether oxygens (including phenoxy) is 1. The molecular formula is C20H29N3O3. The van der Waals surface area contributed by atoms with Crippen LogP contribution in [0.3, 0.4) is 0 Å². The van der Waals surface area contributed by atoms with Crippen LogP contribution in [0.4, 0.5) is 4.79 Å². The molecule has 0 unspecified atom stereocenters. The summed E-state index contributed by atoms with van der Waals surface area (Å²) >= 11 is 0. The van der Waals surface area contributed by atoms with E-state index >= 15 is 0 Å². The smallest absolute Gasteiger partial charge is 0.315 e. The second kappa shape index (κ2) is 8.56. The zero-order chi connectivity index (χ0) is 18.5. The number of benzene rings is 1. The first-order valence-electron chi connectivity index (χ1n) is 9.39. The van der Waals surface area contributed by atoms with Crippen molar-refractivity contribution in [3.05, 3.63) is 36.1 Å². The molecule has 3 rings (SSSR count). The second-order valence-corrected chi connectivity index (χ2v) is 7.22. The lowest BCUT2D eigenvalue weighted by atomic mass is 10.0. The molecule has 1 fully saturated rings. The van der Waals surface area contributed by atoms with Gasteiger partial charge in [0.2, 0.25) is 0 Å². The second-order valence-electron chi connectivity index (χ2n) is 7.22. The molecule has 0 aliphatic carbocycles. The molecule has 142 valence electrons. The van der Waals surface area contributed by atoms with Crippen molar-refractivity contribution >= 4 is 17.0 Å². The SMILES string of the molecule is CC(C)[C@@H](CNC(=O)N[C@H](C)c1cc2ccccc2o1)N1CCOCC1. The van der Waals surface area contributed by atoms with E-state index in [-0.39, 0.29) is 12.1 Å². The zero-order valence-electron chi connectivity index (χ0n) is 15.8. The van der Waals surface area contributed by atoms with Gasteiger partial charge >= 0.3 is 6.03 Å². The van der Waals surface area contributed by atoms with Gasteiger partial charge in [-0.15, -0.1) is 0 Å². The number of carbonyl (C=O) groups excluding carboxylic acids is 1. The van der Waals surface area contributed by atoms with Crippen LogP contribution >= 0.6 is 0 Å². The molecule has 0 radical (unpaired) electrons. The number of carbonyl (C=O) groups is 1. The number of fused-ring (bicyclic) bond motifs is 1. The third-order valence-corrected chi connectivity index (χ3v) is 4.97. The van der Waals surface area contributed by atoms with Gasteiger partial charge < -0.3 is 19.8 Å². The molecule has 1 aliphatic rings. The largest absolute Gasteiger partial charge is 0.459 e. The van der Waals surface area contributed by atoms with Crippen LogP contribution in [0, 0.1) is 5.92 Å². The number of nitrogens with one attached hydrogen (secondary N) is 2. The van der Waals surface area contributed by atoms with Crippen LogP contribution in [-0.4, -0.2) is 49.8 Å². The summed E-state index contributed by atoms with van der Waals surface area (Å²) < 4.78 is 11.3. The van der Waals surface area contributed by atoms with E-state index in [2.05, 4.69) is 29.4 Å². The Kier molecular flexibility index (Phi) is 6.16. The third-order valence-electron chi connectivity index (χ3n) is 4.97. The Morgan fingerprint density at radius 1 is 1.19 bits per heavy atom. The Labute approximate surface area is 154 Å². The highest BCUT2D eigenvalue weighted by Gasteiger charge is 2.24. The highest BCUT2D eigenvalue weighted by molar-refractivity contribution is 5.78. The molecule has 2 amide bonds. The van der Waals surface area contributed by atoms with Crippen LogP contribution in [0.15, 0.2) is 34.7 Å². The Morgan fingerprint density at radius 2 is 1.92 bits per heavy atom. The van der Waals surface area contributed by atoms with Crippen molar-refractivity contribution in [1.82, 2.24) is 15.5 Å². The standard InChI is InChI=1S/C20H29N3O3/c1-14(2)17(23-8-10-25-11-9-23)13-21-20(24)22-15(3)19-12-16-6-4-5-7-18(16)26-19/h4-7,12,14-15,17H,8-11,13H2,1-3H3,(H2,21,22,24)/t15-,17-/m1/s1. The number of hydrogen-bond donors (Lipinski definition) is 2. The summed E-state index contributed by atoms with van der Waals surface area (Å²) in [4.78, 5) is 14.7. The molecule has 1 aliphatic heterocycles. The molecule has 2 N–H and O–H groups in total. The fourth-order valence-corrected chi connectivity index (χ4v) is 3.43. The summed E-state index contributed by atoms with van der Waals surface area (Å²) in [5.41, 5.74) is 0.837. The van der Waals surface area contributed by atoms with E-state index in [1.807, 2.05) is 37.3 Å². The van der Waals surface area contributed by atoms with Crippen molar-refractivity contribution < 1.29 is 13.9 Å². The number of urea groups is 1. The quantitative estimate of drug-likeness (QED) is 0.831. The number of furan rings is 1. The Balaban J connectivity index is 1.53. The predicted octanol–water partition coefficient (Wildman–Crippen LogP) is 3.15. The minimum Gasteiger partial charge on any atom is -0.459 e. The number of para-hydroxylation sites is 1. The summed E-state index contributed by atoms with van der Waals surface area (Å²) in [5, 5.41) is 7.03. The number of rotatable bonds is 6. The maximum absolute atomic E-state index is 12.3. The van der Waals surface area contributed by atoms with Crippen molar-refractivity contribution in [3.63, 3.8) is 0 Å². The fourth-order valence-electron chi connectivity index (χ4n) is 3.43. The van der Waals surface area contributed by atoms with E-state index in [1.54, 1.807) is 0 Å². The average Bonchev–Trinajstić information content (AvgIpc) is 3.07. The van der Waals surface area contributed by atoms with Crippen molar-refractivity contribution in [2.45, 2.75) is 32.9 Å². The van der Waals surface area contributed by atoms with Gasteiger partial charge in [0.1, 0.15) is 11.3 Å². The van der Waals surface area contributed by atoms with Crippen molar-refractivity contribution in [2.75, 3.05) is 32.8 Å². The molecular weight excluding hydrogens is 330 g/mol. The molecule has 0 bridgehead atoms. The Hall–Kier alpha value is -2.05. The van der Waals surface area contributed by atoms with Crippen molar-refractivity contribution in [3.8, 4) is 0 Å². The normalized spacial score (nSPS) is 18.0. The molecule has 0 spiro atoms. The molecule has 26 heavy (non-hydrogen) atoms. The van der Waals surface area contributed by atoms with Gasteiger partial charge in [-0.1, -0.05) is 32.0 Å². The van der Waals surface area contributed by atoms with Crippen molar-refractivity contribution in [1.29, 1.82) is 0 Å². The highest BCUT2D eigenvalue weighted by atomic mass is 16.5. The first-order valence-corrected chi connectivity index (χ1v) is 9.39. The van der Waals surface area contributed by atoms with Crippen LogP contribution in [0.25, 0.3) is 11.0 Å². The van der Waals surface area contributed by atoms with Gasteiger partial charge in [0.25, 0.3) is 0 Å². The minimum absolute atomic E-state index is 0.170. The van der Waals surface area contributed by atoms with Crippen LogP contribution in [0.2, 0.25) is 0 Å². The third kappa shape index (κ3) is 4.56. The van der Waals surface area contributed by atoms with Gasteiger partial charge in [-0.2, -0.15) is 0 Å². The molecule has 6 nitrogen and oxygen atoms in total. The Morgan fingerprint density at radius 3 is 2.62 bits per heavy atom. The summed E-state index contributed by atoms with van der Waals surface area (Å²) in [6.45, 7) is 10.3. The first kappa shape index (κ1) is 18.7. The number of morpholine rings is 1. The van der Waals surface area contributed by atoms with Crippen LogP contribution in [-0.2, 0) is 4.74 Å². The average molecular weight is 359 g/mol. The van der Waals surface area contributed by atoms with Crippen molar-refractivity contribution in [2.24, 2.45) is 5.92 Å². The molecule has 2 heterocycles.